The van der Waals surface area contributed by atoms with Crippen LogP contribution >= 0.6 is 0 Å². The van der Waals surface area contributed by atoms with Crippen molar-refractivity contribution in [1.82, 2.24) is 4.98 Å². The minimum Gasteiger partial charge on any atom is -0.289 e. The van der Waals surface area contributed by atoms with Crippen molar-refractivity contribution in [1.29, 1.82) is 0 Å². The van der Waals surface area contributed by atoms with Crippen molar-refractivity contribution < 1.29 is 9.72 Å². The fourth-order valence-corrected chi connectivity index (χ4v) is 3.03. The molecule has 5 heteroatoms. The molecule has 4 rings (SSSR count). The number of hydrogen-bond acceptors (Lipinski definition) is 4. The molecule has 0 bridgehead atoms. The summed E-state index contributed by atoms with van der Waals surface area (Å²) in [5, 5.41) is 11.1. The van der Waals surface area contributed by atoms with E-state index in [-0.39, 0.29) is 11.5 Å². The van der Waals surface area contributed by atoms with Crippen molar-refractivity contribution in [2.45, 2.75) is 0 Å². The molecule has 0 spiro atoms. The summed E-state index contributed by atoms with van der Waals surface area (Å²) < 4.78 is 0. The Labute approximate surface area is 143 Å². The molecule has 2 aromatic carbocycles. The van der Waals surface area contributed by atoms with E-state index >= 15 is 0 Å². The van der Waals surface area contributed by atoms with E-state index < -0.39 is 4.92 Å². The molecule has 120 valence electrons. The van der Waals surface area contributed by atoms with E-state index in [1.165, 1.54) is 12.1 Å². The molecule has 1 heterocycles. The van der Waals surface area contributed by atoms with Crippen LogP contribution in [0.1, 0.15) is 21.5 Å². The Morgan fingerprint density at radius 1 is 0.960 bits per heavy atom. The molecule has 0 saturated carbocycles. The highest BCUT2D eigenvalue weighted by Gasteiger charge is 2.27. The van der Waals surface area contributed by atoms with E-state index in [2.05, 4.69) is 4.98 Å². The van der Waals surface area contributed by atoms with Gasteiger partial charge >= 0.3 is 0 Å². The fourth-order valence-electron chi connectivity index (χ4n) is 3.03. The number of allylic oxidation sites excluding steroid dienone is 1. The predicted molar refractivity (Wildman–Crippen MR) is 94.2 cm³/mol. The highest BCUT2D eigenvalue weighted by Crippen LogP contribution is 2.44. The van der Waals surface area contributed by atoms with Crippen molar-refractivity contribution in [2.75, 3.05) is 0 Å². The number of aromatic nitrogens is 1. The first-order valence-corrected chi connectivity index (χ1v) is 7.71. The van der Waals surface area contributed by atoms with Gasteiger partial charge in [0.05, 0.1) is 10.6 Å². The van der Waals surface area contributed by atoms with Crippen LogP contribution in [0.5, 0.6) is 0 Å². The van der Waals surface area contributed by atoms with E-state index in [0.29, 0.717) is 16.8 Å². The summed E-state index contributed by atoms with van der Waals surface area (Å²) in [4.78, 5) is 27.6. The van der Waals surface area contributed by atoms with Gasteiger partial charge in [-0.1, -0.05) is 36.4 Å². The third-order valence-electron chi connectivity index (χ3n) is 4.19. The normalized spacial score (nSPS) is 13.4. The first-order valence-electron chi connectivity index (χ1n) is 7.71. The van der Waals surface area contributed by atoms with Crippen LogP contribution in [-0.2, 0) is 0 Å². The van der Waals surface area contributed by atoms with Gasteiger partial charge in [-0.15, -0.1) is 0 Å². The number of ketones is 1. The largest absolute Gasteiger partial charge is 0.289 e. The van der Waals surface area contributed by atoms with Crippen molar-refractivity contribution in [3.05, 3.63) is 99.7 Å². The molecule has 5 nitrogen and oxygen atoms in total. The molecule has 0 amide bonds. The van der Waals surface area contributed by atoms with Crippen LogP contribution in [0.25, 0.3) is 16.8 Å². The molecule has 0 fully saturated rings. The van der Waals surface area contributed by atoms with Crippen molar-refractivity contribution in [2.24, 2.45) is 0 Å². The third kappa shape index (κ3) is 2.52. The van der Waals surface area contributed by atoms with E-state index in [0.717, 1.165) is 16.7 Å². The smallest absolute Gasteiger partial charge is 0.270 e. The second kappa shape index (κ2) is 5.79. The van der Waals surface area contributed by atoms with Gasteiger partial charge in [-0.05, 0) is 29.3 Å². The van der Waals surface area contributed by atoms with Crippen LogP contribution in [-0.4, -0.2) is 15.7 Å². The first kappa shape index (κ1) is 15.0. The molecule has 0 atom stereocenters. The lowest BCUT2D eigenvalue weighted by Gasteiger charge is -2.02. The monoisotopic (exact) mass is 328 g/mol. The van der Waals surface area contributed by atoms with Crippen molar-refractivity contribution in [3.8, 4) is 11.3 Å². The number of nitro benzene ring substituents is 1. The van der Waals surface area contributed by atoms with Crippen LogP contribution in [0.15, 0.2) is 72.9 Å². The van der Waals surface area contributed by atoms with Gasteiger partial charge < -0.3 is 0 Å². The highest BCUT2D eigenvalue weighted by molar-refractivity contribution is 6.13. The van der Waals surface area contributed by atoms with Crippen molar-refractivity contribution >= 4 is 17.0 Å². The summed E-state index contributed by atoms with van der Waals surface area (Å²) in [6, 6.07) is 17.3. The Morgan fingerprint density at radius 2 is 1.76 bits per heavy atom. The Kier molecular flexibility index (Phi) is 3.47. The lowest BCUT2D eigenvalue weighted by Crippen LogP contribution is -1.96. The van der Waals surface area contributed by atoms with E-state index in [4.69, 9.17) is 0 Å². The number of hydrogen-bond donors (Lipinski definition) is 0. The topological polar surface area (TPSA) is 73.1 Å². The number of rotatable bonds is 3. The number of carbonyl (C=O) groups excluding carboxylic acids is 1. The maximum Gasteiger partial charge on any atom is 0.270 e. The molecule has 1 aliphatic carbocycles. The highest BCUT2D eigenvalue weighted by atomic mass is 16.6. The maximum atomic E-state index is 12.6. The summed E-state index contributed by atoms with van der Waals surface area (Å²) >= 11 is 0. The average Bonchev–Trinajstić information content (AvgIpc) is 2.96. The molecular weight excluding hydrogens is 316 g/mol. The third-order valence-corrected chi connectivity index (χ3v) is 4.19. The second-order valence-electron chi connectivity index (χ2n) is 5.67. The molecule has 3 aromatic rings. The van der Waals surface area contributed by atoms with Gasteiger partial charge in [-0.25, -0.2) is 0 Å². The van der Waals surface area contributed by atoms with Crippen LogP contribution in [0.4, 0.5) is 5.69 Å². The van der Waals surface area contributed by atoms with Gasteiger partial charge in [-0.2, -0.15) is 0 Å². The molecule has 0 radical (unpaired) electrons. The SMILES string of the molecule is O=C(C=C1c2ccc([N+](=O)[O-])cc2-c2ncccc21)c1ccccc1. The number of nitro groups is 1. The molecular formula is C20H12N2O3. The molecule has 1 aromatic heterocycles. The molecule has 25 heavy (non-hydrogen) atoms. The molecule has 1 aliphatic rings. The number of fused-ring (bicyclic) bond motifs is 3. The molecule has 0 N–H and O–H groups in total. The zero-order chi connectivity index (χ0) is 17.4. The van der Waals surface area contributed by atoms with Crippen molar-refractivity contribution in [3.63, 3.8) is 0 Å². The number of nitrogens with zero attached hydrogens (tertiary/aromatic N) is 2. The van der Waals surface area contributed by atoms with Gasteiger partial charge in [0.1, 0.15) is 0 Å². The quantitative estimate of drug-likeness (QED) is 0.243. The van der Waals surface area contributed by atoms with Gasteiger partial charge in [0, 0.05) is 35.0 Å². The standard InChI is InChI=1S/C20H12N2O3/c23-19(13-5-2-1-3-6-13)12-17-15-9-8-14(22(24)25)11-18(15)20-16(17)7-4-10-21-20/h1-12H. The Bertz CT molecular complexity index is 1040. The zero-order valence-corrected chi connectivity index (χ0v) is 13.0. The average molecular weight is 328 g/mol. The molecule has 0 unspecified atom stereocenters. The van der Waals surface area contributed by atoms with Gasteiger partial charge in [0.15, 0.2) is 5.78 Å². The number of carbonyl (C=O) groups is 1. The van der Waals surface area contributed by atoms with E-state index in [9.17, 15) is 14.9 Å². The first-order chi connectivity index (χ1) is 12.1. The minimum atomic E-state index is -0.431. The second-order valence-corrected chi connectivity index (χ2v) is 5.67. The molecule has 0 aliphatic heterocycles. The fraction of sp³-hybridized carbons (Fsp3) is 0. The minimum absolute atomic E-state index is 0.00555. The molecule has 0 saturated heterocycles. The number of non-ortho nitro benzene ring substituents is 1. The van der Waals surface area contributed by atoms with Crippen LogP contribution in [0, 0.1) is 10.1 Å². The Morgan fingerprint density at radius 3 is 2.52 bits per heavy atom. The lowest BCUT2D eigenvalue weighted by molar-refractivity contribution is -0.384. The lowest BCUT2D eigenvalue weighted by atomic mass is 10.0. The maximum absolute atomic E-state index is 12.6. The Balaban J connectivity index is 1.89. The summed E-state index contributed by atoms with van der Waals surface area (Å²) in [7, 11) is 0. The predicted octanol–water partition coefficient (Wildman–Crippen LogP) is 4.28. The van der Waals surface area contributed by atoms with Crippen LogP contribution in [0.2, 0.25) is 0 Å². The van der Waals surface area contributed by atoms with E-state index in [1.54, 1.807) is 36.5 Å². The van der Waals surface area contributed by atoms with Crippen LogP contribution in [0.3, 0.4) is 0 Å². The van der Waals surface area contributed by atoms with E-state index in [1.807, 2.05) is 24.3 Å². The zero-order valence-electron chi connectivity index (χ0n) is 13.0. The summed E-state index contributed by atoms with van der Waals surface area (Å²) in [6.45, 7) is 0. The van der Waals surface area contributed by atoms with Crippen LogP contribution < -0.4 is 0 Å². The summed E-state index contributed by atoms with van der Waals surface area (Å²) in [5.41, 5.74) is 4.26. The van der Waals surface area contributed by atoms with Gasteiger partial charge in [0.2, 0.25) is 0 Å². The summed E-state index contributed by atoms with van der Waals surface area (Å²) in [6.07, 6.45) is 3.22. The van der Waals surface area contributed by atoms with Gasteiger partial charge in [0.25, 0.3) is 5.69 Å². The number of benzene rings is 2. The Hall–Kier alpha value is -3.60. The number of pyridine rings is 1. The van der Waals surface area contributed by atoms with Gasteiger partial charge in [-0.3, -0.25) is 19.9 Å². The summed E-state index contributed by atoms with van der Waals surface area (Å²) in [5.74, 6) is -0.114.